The second-order valence-corrected chi connectivity index (χ2v) is 15.8. The molecular formula is C31H46O3. The van der Waals surface area contributed by atoms with Gasteiger partial charge < -0.3 is 14.2 Å². The van der Waals surface area contributed by atoms with Gasteiger partial charge in [-0.05, 0) is 144 Å². The third-order valence-electron chi connectivity index (χ3n) is 12.4. The Morgan fingerprint density at radius 3 is 1.44 bits per heavy atom. The summed E-state index contributed by atoms with van der Waals surface area (Å²) in [5.74, 6) is 12.0. The first-order valence-corrected chi connectivity index (χ1v) is 14.7. The minimum absolute atomic E-state index is 0.0676. The maximum Gasteiger partial charge on any atom is 0.0648 e. The lowest BCUT2D eigenvalue weighted by Crippen LogP contribution is -2.52. The highest BCUT2D eigenvalue weighted by Gasteiger charge is 2.78. The van der Waals surface area contributed by atoms with Gasteiger partial charge in [0.15, 0.2) is 0 Å². The van der Waals surface area contributed by atoms with Crippen molar-refractivity contribution in [3.8, 4) is 0 Å². The number of hydrogen-bond donors (Lipinski definition) is 0. The fourth-order valence-electron chi connectivity index (χ4n) is 12.0. The molecule has 2 heterocycles. The van der Waals surface area contributed by atoms with Gasteiger partial charge in [0.05, 0.1) is 36.6 Å². The molecule has 2 saturated heterocycles. The van der Waals surface area contributed by atoms with Gasteiger partial charge in [0.25, 0.3) is 0 Å². The van der Waals surface area contributed by atoms with Gasteiger partial charge >= 0.3 is 0 Å². The molecule has 0 N–H and O–H groups in total. The van der Waals surface area contributed by atoms with Crippen molar-refractivity contribution in [2.24, 2.45) is 82.9 Å². The quantitative estimate of drug-likeness (QED) is 0.385. The molecule has 8 rings (SSSR count). The highest BCUT2D eigenvalue weighted by atomic mass is 16.5. The lowest BCUT2D eigenvalue weighted by Gasteiger charge is -2.50. The van der Waals surface area contributed by atoms with Gasteiger partial charge in [0, 0.05) is 0 Å². The van der Waals surface area contributed by atoms with Gasteiger partial charge in [-0.2, -0.15) is 0 Å². The Labute approximate surface area is 206 Å². The van der Waals surface area contributed by atoms with E-state index in [2.05, 4.69) is 53.7 Å². The van der Waals surface area contributed by atoms with Crippen LogP contribution in [0.15, 0.2) is 12.2 Å². The second-order valence-electron chi connectivity index (χ2n) is 15.8. The Hall–Kier alpha value is -0.380. The van der Waals surface area contributed by atoms with E-state index in [1.54, 1.807) is 0 Å². The summed E-state index contributed by atoms with van der Waals surface area (Å²) >= 11 is 0. The highest BCUT2D eigenvalue weighted by molar-refractivity contribution is 5.28. The molecule has 0 aromatic heterocycles. The summed E-state index contributed by atoms with van der Waals surface area (Å²) in [5, 5.41) is 0. The van der Waals surface area contributed by atoms with E-state index in [4.69, 9.17) is 14.2 Å². The van der Waals surface area contributed by atoms with E-state index >= 15 is 0 Å². The van der Waals surface area contributed by atoms with Crippen molar-refractivity contribution >= 4 is 0 Å². The first-order valence-electron chi connectivity index (χ1n) is 14.7. The molecule has 0 aromatic rings. The number of rotatable bonds is 4. The molecule has 6 aliphatic carbocycles. The van der Waals surface area contributed by atoms with Crippen LogP contribution in [0.3, 0.4) is 0 Å². The van der Waals surface area contributed by atoms with Crippen molar-refractivity contribution in [2.75, 3.05) is 13.2 Å². The molecule has 0 amide bonds. The molecule has 188 valence electrons. The van der Waals surface area contributed by atoms with E-state index in [0.717, 1.165) is 84.2 Å². The molecule has 0 radical (unpaired) electrons. The van der Waals surface area contributed by atoms with Gasteiger partial charge in [0.1, 0.15) is 0 Å². The Kier molecular flexibility index (Phi) is 4.29. The summed E-state index contributed by atoms with van der Waals surface area (Å²) in [7, 11) is 0. The molecular weight excluding hydrogens is 420 g/mol. The first kappa shape index (κ1) is 21.7. The molecule has 3 heteroatoms. The standard InChI is InChI=1S/C31H46O3/c1-30(2,3)32-12-20-16-10-17(21(20)13-33-31(4,5)6)25-24(16)28-26-18-11-19(27(26)29(25)34-28)23-15-8-7-14(9-15)22(18)23/h7-8,14-29H,9-13H2,1-6H3. The summed E-state index contributed by atoms with van der Waals surface area (Å²) in [6.45, 7) is 15.1. The van der Waals surface area contributed by atoms with Crippen LogP contribution in [0.25, 0.3) is 0 Å². The zero-order valence-corrected chi connectivity index (χ0v) is 22.2. The molecule has 16 unspecified atom stereocenters. The second kappa shape index (κ2) is 6.73. The number of ether oxygens (including phenoxy) is 3. The summed E-state index contributed by atoms with van der Waals surface area (Å²) in [4.78, 5) is 0. The summed E-state index contributed by atoms with van der Waals surface area (Å²) in [5.41, 5.74) is -0.135. The van der Waals surface area contributed by atoms with Crippen molar-refractivity contribution in [3.63, 3.8) is 0 Å². The molecule has 0 spiro atoms. The molecule has 7 fully saturated rings. The largest absolute Gasteiger partial charge is 0.376 e. The van der Waals surface area contributed by atoms with Crippen molar-refractivity contribution in [1.29, 1.82) is 0 Å². The van der Waals surface area contributed by atoms with Gasteiger partial charge in [-0.15, -0.1) is 0 Å². The predicted molar refractivity (Wildman–Crippen MR) is 132 cm³/mol. The molecule has 0 aromatic carbocycles. The third kappa shape index (κ3) is 2.71. The van der Waals surface area contributed by atoms with Crippen molar-refractivity contribution in [1.82, 2.24) is 0 Å². The number of hydrogen-bond acceptors (Lipinski definition) is 3. The smallest absolute Gasteiger partial charge is 0.0648 e. The molecule has 3 nitrogen and oxygen atoms in total. The van der Waals surface area contributed by atoms with Crippen LogP contribution in [0.2, 0.25) is 0 Å². The Bertz CT molecular complexity index is 827. The minimum atomic E-state index is -0.0676. The SMILES string of the molecule is CC(C)(C)OCC1C(COC(C)(C)C)C2CC1C1C3OC(C21)C1C2CC(C4C5C=CC(C5)C24)C31. The predicted octanol–water partition coefficient (Wildman–Crippen LogP) is 5.83. The van der Waals surface area contributed by atoms with Crippen molar-refractivity contribution in [3.05, 3.63) is 12.2 Å². The lowest BCUT2D eigenvalue weighted by atomic mass is 9.53. The summed E-state index contributed by atoms with van der Waals surface area (Å²) in [6.07, 6.45) is 10.8. The van der Waals surface area contributed by atoms with E-state index in [1.165, 1.54) is 19.3 Å². The minimum Gasteiger partial charge on any atom is -0.376 e. The lowest BCUT2D eigenvalue weighted by molar-refractivity contribution is -0.0996. The third-order valence-corrected chi connectivity index (χ3v) is 12.4. The maximum atomic E-state index is 7.11. The maximum absolute atomic E-state index is 7.11. The van der Waals surface area contributed by atoms with Crippen LogP contribution in [0.1, 0.15) is 60.8 Å². The van der Waals surface area contributed by atoms with Crippen LogP contribution < -0.4 is 0 Å². The number of allylic oxidation sites excluding steroid dienone is 2. The zero-order chi connectivity index (χ0) is 23.3. The van der Waals surface area contributed by atoms with Crippen LogP contribution in [0, 0.1) is 82.9 Å². The van der Waals surface area contributed by atoms with Gasteiger partial charge in [-0.1, -0.05) is 12.2 Å². The van der Waals surface area contributed by atoms with Gasteiger partial charge in [-0.25, -0.2) is 0 Å². The average molecular weight is 467 g/mol. The molecule has 34 heavy (non-hydrogen) atoms. The molecule has 8 aliphatic rings. The zero-order valence-electron chi connectivity index (χ0n) is 22.2. The molecule has 2 aliphatic heterocycles. The summed E-state index contributed by atoms with van der Waals surface area (Å²) < 4.78 is 20.1. The molecule has 5 saturated carbocycles. The highest BCUT2D eigenvalue weighted by Crippen LogP contribution is 2.78. The van der Waals surface area contributed by atoms with Crippen molar-refractivity contribution < 1.29 is 14.2 Å². The van der Waals surface area contributed by atoms with E-state index in [-0.39, 0.29) is 11.2 Å². The first-order chi connectivity index (χ1) is 16.1. The van der Waals surface area contributed by atoms with E-state index in [1.807, 2.05) is 0 Å². The Morgan fingerprint density at radius 1 is 0.588 bits per heavy atom. The average Bonchev–Trinajstić information content (AvgIpc) is 3.58. The summed E-state index contributed by atoms with van der Waals surface area (Å²) in [6, 6.07) is 0. The van der Waals surface area contributed by atoms with Crippen LogP contribution in [-0.4, -0.2) is 36.6 Å². The van der Waals surface area contributed by atoms with Crippen LogP contribution in [-0.2, 0) is 14.2 Å². The van der Waals surface area contributed by atoms with Crippen molar-refractivity contribution in [2.45, 2.75) is 84.2 Å². The normalized spacial score (nSPS) is 59.4. The van der Waals surface area contributed by atoms with Gasteiger partial charge in [0.2, 0.25) is 0 Å². The fraction of sp³-hybridized carbons (Fsp3) is 0.935. The molecule has 8 bridgehead atoms. The Morgan fingerprint density at radius 2 is 1.00 bits per heavy atom. The fourth-order valence-corrected chi connectivity index (χ4v) is 12.0. The van der Waals surface area contributed by atoms with Crippen LogP contribution in [0.4, 0.5) is 0 Å². The number of fused-ring (bicyclic) bond motifs is 23. The van der Waals surface area contributed by atoms with E-state index in [9.17, 15) is 0 Å². The van der Waals surface area contributed by atoms with Crippen LogP contribution >= 0.6 is 0 Å². The molecule has 16 atom stereocenters. The van der Waals surface area contributed by atoms with Crippen LogP contribution in [0.5, 0.6) is 0 Å². The Balaban J connectivity index is 1.09. The van der Waals surface area contributed by atoms with E-state index < -0.39 is 0 Å². The monoisotopic (exact) mass is 466 g/mol. The topological polar surface area (TPSA) is 27.7 Å². The van der Waals surface area contributed by atoms with E-state index in [0.29, 0.717) is 24.0 Å². The van der Waals surface area contributed by atoms with Gasteiger partial charge in [-0.3, -0.25) is 0 Å².